The number of piperidine rings is 1. The lowest BCUT2D eigenvalue weighted by Crippen LogP contribution is -2.45. The van der Waals surface area contributed by atoms with E-state index in [-0.39, 0.29) is 11.8 Å². The Morgan fingerprint density at radius 2 is 1.62 bits per heavy atom. The SMILES string of the molecule is CC(C)c1c(C(=O)NN2CCCCC2)nn(-c2ccc(Cl)cc2Cl)c1-c1ccc(Cl)cc1. The van der Waals surface area contributed by atoms with Gasteiger partial charge in [-0.3, -0.25) is 10.2 Å². The normalized spacial score (nSPS) is 14.7. The predicted octanol–water partition coefficient (Wildman–Crippen LogP) is 6.75. The molecule has 1 amide bonds. The number of halogens is 3. The Hall–Kier alpha value is -2.05. The Morgan fingerprint density at radius 3 is 2.25 bits per heavy atom. The molecular weight excluding hydrogens is 467 g/mol. The maximum absolute atomic E-state index is 13.4. The highest BCUT2D eigenvalue weighted by molar-refractivity contribution is 6.35. The molecule has 4 rings (SSSR count). The van der Waals surface area contributed by atoms with E-state index in [4.69, 9.17) is 39.9 Å². The van der Waals surface area contributed by atoms with Crippen LogP contribution < -0.4 is 5.43 Å². The van der Waals surface area contributed by atoms with Gasteiger partial charge in [0.05, 0.1) is 16.4 Å². The van der Waals surface area contributed by atoms with E-state index in [9.17, 15) is 4.79 Å². The fourth-order valence-corrected chi connectivity index (χ4v) is 4.67. The number of hydrogen-bond donors (Lipinski definition) is 1. The molecule has 2 aromatic carbocycles. The van der Waals surface area contributed by atoms with Crippen LogP contribution in [0.4, 0.5) is 0 Å². The zero-order chi connectivity index (χ0) is 22.8. The Bertz CT molecular complexity index is 1120. The molecule has 0 spiro atoms. The van der Waals surface area contributed by atoms with E-state index in [1.165, 1.54) is 6.42 Å². The second-order valence-electron chi connectivity index (χ2n) is 8.27. The molecule has 1 aliphatic heterocycles. The Kier molecular flexibility index (Phi) is 7.11. The number of aromatic nitrogens is 2. The highest BCUT2D eigenvalue weighted by atomic mass is 35.5. The molecular formula is C24H25Cl3N4O. The first-order chi connectivity index (χ1) is 15.3. The molecule has 1 aliphatic rings. The van der Waals surface area contributed by atoms with Crippen molar-refractivity contribution in [3.05, 3.63) is 68.8 Å². The molecule has 8 heteroatoms. The molecule has 1 fully saturated rings. The number of nitrogens with one attached hydrogen (secondary N) is 1. The monoisotopic (exact) mass is 490 g/mol. The van der Waals surface area contributed by atoms with Gasteiger partial charge in [-0.25, -0.2) is 9.69 Å². The van der Waals surface area contributed by atoms with Crippen molar-refractivity contribution in [3.8, 4) is 16.9 Å². The summed E-state index contributed by atoms with van der Waals surface area (Å²) in [5, 5.41) is 8.38. The molecule has 5 nitrogen and oxygen atoms in total. The summed E-state index contributed by atoms with van der Waals surface area (Å²) in [6.45, 7) is 5.80. The van der Waals surface area contributed by atoms with Crippen molar-refractivity contribution in [3.63, 3.8) is 0 Å². The van der Waals surface area contributed by atoms with Crippen molar-refractivity contribution < 1.29 is 4.79 Å². The van der Waals surface area contributed by atoms with Gasteiger partial charge in [0, 0.05) is 34.3 Å². The molecule has 0 aliphatic carbocycles. The molecule has 0 bridgehead atoms. The second-order valence-corrected chi connectivity index (χ2v) is 9.55. The summed E-state index contributed by atoms with van der Waals surface area (Å²) in [5.74, 6) is -0.169. The van der Waals surface area contributed by atoms with Crippen LogP contribution in [0.1, 0.15) is 55.1 Å². The standard InChI is InChI=1S/C24H25Cl3N4O/c1-15(2)21-22(24(32)29-30-12-4-3-5-13-30)28-31(20-11-10-18(26)14-19(20)27)23(21)16-6-8-17(25)9-7-16/h6-11,14-15H,3-5,12-13H2,1-2H3,(H,29,32). The molecule has 2 heterocycles. The van der Waals surface area contributed by atoms with E-state index in [1.54, 1.807) is 16.8 Å². The minimum absolute atomic E-state index is 0.0441. The number of carbonyl (C=O) groups is 1. The first-order valence-corrected chi connectivity index (χ1v) is 11.9. The number of carbonyl (C=O) groups excluding carboxylic acids is 1. The van der Waals surface area contributed by atoms with Crippen molar-refractivity contribution >= 4 is 40.7 Å². The second kappa shape index (κ2) is 9.84. The van der Waals surface area contributed by atoms with Gasteiger partial charge in [-0.15, -0.1) is 0 Å². The van der Waals surface area contributed by atoms with E-state index >= 15 is 0 Å². The van der Waals surface area contributed by atoms with Gasteiger partial charge in [-0.1, -0.05) is 67.2 Å². The first kappa shape index (κ1) is 23.1. The van der Waals surface area contributed by atoms with Gasteiger partial charge >= 0.3 is 0 Å². The van der Waals surface area contributed by atoms with E-state index in [2.05, 4.69) is 19.3 Å². The van der Waals surface area contributed by atoms with Crippen molar-refractivity contribution in [2.24, 2.45) is 0 Å². The minimum Gasteiger partial charge on any atom is -0.283 e. The third-order valence-electron chi connectivity index (χ3n) is 5.59. The molecule has 168 valence electrons. The van der Waals surface area contributed by atoms with Crippen molar-refractivity contribution in [1.29, 1.82) is 0 Å². The molecule has 0 unspecified atom stereocenters. The van der Waals surface area contributed by atoms with Crippen LogP contribution in [0.2, 0.25) is 15.1 Å². The molecule has 0 saturated carbocycles. The average molecular weight is 492 g/mol. The summed E-state index contributed by atoms with van der Waals surface area (Å²) in [6.07, 6.45) is 3.33. The fourth-order valence-electron chi connectivity index (χ4n) is 4.06. The lowest BCUT2D eigenvalue weighted by molar-refractivity contribution is 0.0743. The highest BCUT2D eigenvalue weighted by Crippen LogP contribution is 2.37. The van der Waals surface area contributed by atoms with Crippen LogP contribution in [-0.4, -0.2) is 33.8 Å². The summed E-state index contributed by atoms with van der Waals surface area (Å²) in [6, 6.07) is 12.8. The van der Waals surface area contributed by atoms with Crippen molar-refractivity contribution in [2.45, 2.75) is 39.0 Å². The lowest BCUT2D eigenvalue weighted by atomic mass is 9.96. The molecule has 1 N–H and O–H groups in total. The van der Waals surface area contributed by atoms with Crippen molar-refractivity contribution in [2.75, 3.05) is 13.1 Å². The zero-order valence-corrected chi connectivity index (χ0v) is 20.3. The summed E-state index contributed by atoms with van der Waals surface area (Å²) >= 11 is 18.8. The van der Waals surface area contributed by atoms with Crippen LogP contribution in [0.3, 0.4) is 0 Å². The molecule has 32 heavy (non-hydrogen) atoms. The number of benzene rings is 2. The number of hydrazine groups is 1. The van der Waals surface area contributed by atoms with Crippen molar-refractivity contribution in [1.82, 2.24) is 20.2 Å². The topological polar surface area (TPSA) is 50.2 Å². The summed E-state index contributed by atoms with van der Waals surface area (Å²) in [4.78, 5) is 13.4. The van der Waals surface area contributed by atoms with Crippen LogP contribution in [0.15, 0.2) is 42.5 Å². The molecule has 0 radical (unpaired) electrons. The molecule has 1 aromatic heterocycles. The summed E-state index contributed by atoms with van der Waals surface area (Å²) in [7, 11) is 0. The largest absolute Gasteiger partial charge is 0.286 e. The van der Waals surface area contributed by atoms with Crippen LogP contribution in [0.25, 0.3) is 16.9 Å². The number of rotatable bonds is 5. The third-order valence-corrected chi connectivity index (χ3v) is 6.38. The number of nitrogens with zero attached hydrogens (tertiary/aromatic N) is 3. The Labute approximate surface area is 203 Å². The number of amides is 1. The summed E-state index contributed by atoms with van der Waals surface area (Å²) < 4.78 is 1.74. The molecule has 1 saturated heterocycles. The molecule has 3 aromatic rings. The van der Waals surface area contributed by atoms with E-state index < -0.39 is 0 Å². The van der Waals surface area contributed by atoms with E-state index in [1.807, 2.05) is 35.3 Å². The molecule has 0 atom stereocenters. The highest BCUT2D eigenvalue weighted by Gasteiger charge is 2.28. The van der Waals surface area contributed by atoms with Crippen LogP contribution in [0, 0.1) is 0 Å². The average Bonchev–Trinajstić information content (AvgIpc) is 3.16. The minimum atomic E-state index is -0.213. The lowest BCUT2D eigenvalue weighted by Gasteiger charge is -2.26. The maximum atomic E-state index is 13.4. The van der Waals surface area contributed by atoms with Gasteiger partial charge < -0.3 is 0 Å². The predicted molar refractivity (Wildman–Crippen MR) is 131 cm³/mol. The van der Waals surface area contributed by atoms with Crippen LogP contribution in [0.5, 0.6) is 0 Å². The fraction of sp³-hybridized carbons (Fsp3) is 0.333. The third kappa shape index (κ3) is 4.81. The zero-order valence-electron chi connectivity index (χ0n) is 18.0. The summed E-state index contributed by atoms with van der Waals surface area (Å²) in [5.41, 5.74) is 6.65. The van der Waals surface area contributed by atoms with Crippen LogP contribution in [-0.2, 0) is 0 Å². The Morgan fingerprint density at radius 1 is 0.969 bits per heavy atom. The maximum Gasteiger partial charge on any atom is 0.286 e. The first-order valence-electron chi connectivity index (χ1n) is 10.8. The van der Waals surface area contributed by atoms with Gasteiger partial charge in [0.2, 0.25) is 0 Å². The van der Waals surface area contributed by atoms with Gasteiger partial charge in [-0.2, -0.15) is 5.10 Å². The Balaban J connectivity index is 1.88. The van der Waals surface area contributed by atoms with Gasteiger partial charge in [-0.05, 0) is 49.1 Å². The van der Waals surface area contributed by atoms with E-state index in [0.29, 0.717) is 26.4 Å². The van der Waals surface area contributed by atoms with Gasteiger partial charge in [0.15, 0.2) is 5.69 Å². The smallest absolute Gasteiger partial charge is 0.283 e. The van der Waals surface area contributed by atoms with Gasteiger partial charge in [0.1, 0.15) is 0 Å². The number of hydrogen-bond acceptors (Lipinski definition) is 3. The van der Waals surface area contributed by atoms with Gasteiger partial charge in [0.25, 0.3) is 5.91 Å². The van der Waals surface area contributed by atoms with E-state index in [0.717, 1.165) is 42.8 Å². The van der Waals surface area contributed by atoms with Crippen LogP contribution >= 0.6 is 34.8 Å². The quantitative estimate of drug-likeness (QED) is 0.429.